The van der Waals surface area contributed by atoms with Crippen LogP contribution in [0, 0.1) is 5.82 Å². The Hall–Kier alpha value is -2.93. The lowest BCUT2D eigenvalue weighted by Crippen LogP contribution is -2.51. The van der Waals surface area contributed by atoms with Crippen molar-refractivity contribution in [2.45, 2.75) is 6.10 Å². The van der Waals surface area contributed by atoms with Crippen LogP contribution in [0.3, 0.4) is 0 Å². The fraction of sp³-hybridized carbons (Fsp3) is 0.263. The van der Waals surface area contributed by atoms with Crippen molar-refractivity contribution in [2.75, 3.05) is 31.2 Å². The molecule has 1 heterocycles. The van der Waals surface area contributed by atoms with Gasteiger partial charge in [-0.2, -0.15) is 0 Å². The number of carbonyl (C=O) groups is 2. The highest BCUT2D eigenvalue weighted by molar-refractivity contribution is 5.95. The maximum atomic E-state index is 13.0. The molecule has 3 rings (SSSR count). The van der Waals surface area contributed by atoms with Gasteiger partial charge in [-0.05, 0) is 36.4 Å². The molecular weight excluding hydrogens is 339 g/mol. The first-order valence-corrected chi connectivity index (χ1v) is 8.24. The largest absolute Gasteiger partial charge is 0.484 e. The summed E-state index contributed by atoms with van der Waals surface area (Å²) in [6.07, 6.45) is -0.349. The summed E-state index contributed by atoms with van der Waals surface area (Å²) in [4.78, 5) is 25.4. The lowest BCUT2D eigenvalue weighted by atomic mass is 10.2. The maximum Gasteiger partial charge on any atom is 0.258 e. The van der Waals surface area contributed by atoms with Gasteiger partial charge in [-0.15, -0.1) is 0 Å². The minimum absolute atomic E-state index is 0.0849. The summed E-state index contributed by atoms with van der Waals surface area (Å²) < 4.78 is 23.9. The van der Waals surface area contributed by atoms with Gasteiger partial charge in [-0.1, -0.05) is 18.2 Å². The van der Waals surface area contributed by atoms with Gasteiger partial charge in [-0.3, -0.25) is 9.59 Å². The van der Waals surface area contributed by atoms with Crippen LogP contribution >= 0.6 is 0 Å². The van der Waals surface area contributed by atoms with E-state index in [1.54, 1.807) is 24.3 Å². The highest BCUT2D eigenvalue weighted by atomic mass is 19.1. The number of rotatable bonds is 6. The Morgan fingerprint density at radius 2 is 1.92 bits per heavy atom. The molecule has 0 aromatic heterocycles. The Bertz CT molecular complexity index is 752. The minimum Gasteiger partial charge on any atom is -0.484 e. The van der Waals surface area contributed by atoms with E-state index in [9.17, 15) is 14.0 Å². The zero-order valence-electron chi connectivity index (χ0n) is 14.1. The number of hydrogen-bond acceptors (Lipinski definition) is 4. The van der Waals surface area contributed by atoms with E-state index in [0.29, 0.717) is 11.4 Å². The molecule has 1 saturated heterocycles. The molecule has 1 N–H and O–H groups in total. The zero-order chi connectivity index (χ0) is 18.4. The standard InChI is InChI=1S/C19H19FN2O4/c20-14-6-8-15(9-7-14)22-11-17(26-13-19(22)24)10-21-18(23)12-25-16-4-2-1-3-5-16/h1-9,17H,10-13H2,(H,21,23). The molecule has 0 radical (unpaired) electrons. The van der Waals surface area contributed by atoms with Crippen molar-refractivity contribution < 1.29 is 23.5 Å². The van der Waals surface area contributed by atoms with Crippen LogP contribution in [0.2, 0.25) is 0 Å². The van der Waals surface area contributed by atoms with E-state index < -0.39 is 0 Å². The van der Waals surface area contributed by atoms with Gasteiger partial charge in [0.1, 0.15) is 18.2 Å². The summed E-state index contributed by atoms with van der Waals surface area (Å²) in [5.74, 6) is -0.226. The third-order valence-electron chi connectivity index (χ3n) is 3.91. The molecule has 1 atom stereocenters. The van der Waals surface area contributed by atoms with Gasteiger partial charge in [-0.25, -0.2) is 4.39 Å². The van der Waals surface area contributed by atoms with Crippen LogP contribution in [0.4, 0.5) is 10.1 Å². The number of ether oxygens (including phenoxy) is 2. The number of anilines is 1. The van der Waals surface area contributed by atoms with E-state index in [0.717, 1.165) is 0 Å². The van der Waals surface area contributed by atoms with Gasteiger partial charge < -0.3 is 19.7 Å². The Labute approximate surface area is 150 Å². The molecule has 7 heteroatoms. The van der Waals surface area contributed by atoms with Crippen molar-refractivity contribution in [3.63, 3.8) is 0 Å². The minimum atomic E-state index is -0.364. The number of amides is 2. The fourth-order valence-electron chi connectivity index (χ4n) is 2.56. The fourth-order valence-corrected chi connectivity index (χ4v) is 2.56. The number of benzene rings is 2. The summed E-state index contributed by atoms with van der Waals surface area (Å²) in [6.45, 7) is 0.349. The van der Waals surface area contributed by atoms with Gasteiger partial charge in [0.15, 0.2) is 6.61 Å². The number of halogens is 1. The van der Waals surface area contributed by atoms with E-state index in [1.807, 2.05) is 18.2 Å². The summed E-state index contributed by atoms with van der Waals surface area (Å²) in [5, 5.41) is 2.73. The summed E-state index contributed by atoms with van der Waals surface area (Å²) in [5.41, 5.74) is 0.600. The van der Waals surface area contributed by atoms with E-state index in [-0.39, 0.29) is 50.0 Å². The zero-order valence-corrected chi connectivity index (χ0v) is 14.1. The van der Waals surface area contributed by atoms with Crippen molar-refractivity contribution >= 4 is 17.5 Å². The monoisotopic (exact) mass is 358 g/mol. The molecule has 1 aliphatic rings. The van der Waals surface area contributed by atoms with Gasteiger partial charge in [0, 0.05) is 12.2 Å². The molecule has 26 heavy (non-hydrogen) atoms. The predicted octanol–water partition coefficient (Wildman–Crippen LogP) is 1.75. The molecule has 1 fully saturated rings. The molecule has 6 nitrogen and oxygen atoms in total. The first-order chi connectivity index (χ1) is 12.6. The average molecular weight is 358 g/mol. The molecule has 0 saturated carbocycles. The average Bonchev–Trinajstić information content (AvgIpc) is 2.67. The lowest BCUT2D eigenvalue weighted by molar-refractivity contribution is -0.130. The van der Waals surface area contributed by atoms with E-state index in [1.165, 1.54) is 17.0 Å². The predicted molar refractivity (Wildman–Crippen MR) is 93.4 cm³/mol. The Morgan fingerprint density at radius 3 is 2.65 bits per heavy atom. The number of morpholine rings is 1. The summed E-state index contributed by atoms with van der Waals surface area (Å²) in [7, 11) is 0. The van der Waals surface area contributed by atoms with Crippen LogP contribution < -0.4 is 15.0 Å². The molecule has 0 bridgehead atoms. The normalized spacial score (nSPS) is 17.0. The Balaban J connectivity index is 1.48. The topological polar surface area (TPSA) is 67.9 Å². The first kappa shape index (κ1) is 17.9. The van der Waals surface area contributed by atoms with E-state index in [4.69, 9.17) is 9.47 Å². The number of nitrogens with one attached hydrogen (secondary N) is 1. The number of para-hydroxylation sites is 1. The Morgan fingerprint density at radius 1 is 1.19 bits per heavy atom. The number of hydrogen-bond donors (Lipinski definition) is 1. The second-order valence-electron chi connectivity index (χ2n) is 5.82. The smallest absolute Gasteiger partial charge is 0.258 e. The molecule has 1 unspecified atom stereocenters. The second kappa shape index (κ2) is 8.44. The van der Waals surface area contributed by atoms with Crippen LogP contribution in [0.15, 0.2) is 54.6 Å². The summed E-state index contributed by atoms with van der Waals surface area (Å²) in [6, 6.07) is 14.7. The molecule has 2 aromatic carbocycles. The van der Waals surface area contributed by atoms with Crippen molar-refractivity contribution in [3.8, 4) is 5.75 Å². The quantitative estimate of drug-likeness (QED) is 0.854. The van der Waals surface area contributed by atoms with Gasteiger partial charge in [0.25, 0.3) is 11.8 Å². The molecule has 136 valence electrons. The SMILES string of the molecule is O=C(COc1ccccc1)NCC1CN(c2ccc(F)cc2)C(=O)CO1. The van der Waals surface area contributed by atoms with Crippen molar-refractivity contribution in [2.24, 2.45) is 0 Å². The number of carbonyl (C=O) groups excluding carboxylic acids is 2. The Kier molecular flexibility index (Phi) is 5.80. The van der Waals surface area contributed by atoms with Crippen LogP contribution in [0.5, 0.6) is 5.75 Å². The third-order valence-corrected chi connectivity index (χ3v) is 3.91. The van der Waals surface area contributed by atoms with Crippen LogP contribution in [0.1, 0.15) is 0 Å². The van der Waals surface area contributed by atoms with E-state index in [2.05, 4.69) is 5.32 Å². The molecule has 2 amide bonds. The summed E-state index contributed by atoms with van der Waals surface area (Å²) >= 11 is 0. The van der Waals surface area contributed by atoms with E-state index >= 15 is 0 Å². The second-order valence-corrected chi connectivity index (χ2v) is 5.82. The molecular formula is C19H19FN2O4. The van der Waals surface area contributed by atoms with Crippen molar-refractivity contribution in [1.82, 2.24) is 5.32 Å². The van der Waals surface area contributed by atoms with Crippen molar-refractivity contribution in [3.05, 3.63) is 60.4 Å². The van der Waals surface area contributed by atoms with Gasteiger partial charge in [0.2, 0.25) is 0 Å². The van der Waals surface area contributed by atoms with Crippen LogP contribution in [-0.2, 0) is 14.3 Å². The van der Waals surface area contributed by atoms with Crippen LogP contribution in [-0.4, -0.2) is 44.2 Å². The van der Waals surface area contributed by atoms with Crippen LogP contribution in [0.25, 0.3) is 0 Å². The van der Waals surface area contributed by atoms with Gasteiger partial charge in [0.05, 0.1) is 12.6 Å². The maximum absolute atomic E-state index is 13.0. The number of nitrogens with zero attached hydrogens (tertiary/aromatic N) is 1. The highest BCUT2D eigenvalue weighted by Crippen LogP contribution is 2.19. The highest BCUT2D eigenvalue weighted by Gasteiger charge is 2.27. The van der Waals surface area contributed by atoms with Gasteiger partial charge >= 0.3 is 0 Å². The molecule has 1 aliphatic heterocycles. The molecule has 0 spiro atoms. The molecule has 2 aromatic rings. The van der Waals surface area contributed by atoms with Crippen molar-refractivity contribution in [1.29, 1.82) is 0 Å². The first-order valence-electron chi connectivity index (χ1n) is 8.24. The third kappa shape index (κ3) is 4.80. The molecule has 0 aliphatic carbocycles. The lowest BCUT2D eigenvalue weighted by Gasteiger charge is -2.32.